The first-order chi connectivity index (χ1) is 13.9. The normalized spacial score (nSPS) is 11.0. The van der Waals surface area contributed by atoms with E-state index in [1.54, 1.807) is 31.2 Å². The van der Waals surface area contributed by atoms with Crippen LogP contribution in [0.15, 0.2) is 82.6 Å². The molecule has 2 amide bonds. The second kappa shape index (κ2) is 8.79. The summed E-state index contributed by atoms with van der Waals surface area (Å²) in [5.41, 5.74) is 2.09. The molecule has 0 heterocycles. The highest BCUT2D eigenvalue weighted by Gasteiger charge is 2.20. The molecule has 3 aromatic carbocycles. The molecule has 0 atom stereocenters. The third kappa shape index (κ3) is 4.94. The summed E-state index contributed by atoms with van der Waals surface area (Å²) in [6, 6.07) is 20.1. The second-order valence-electron chi connectivity index (χ2n) is 6.45. The lowest BCUT2D eigenvalue weighted by Gasteiger charge is -2.11. The first kappa shape index (κ1) is 20.4. The fourth-order valence-electron chi connectivity index (χ4n) is 2.85. The number of nitrogens with one attached hydrogen (secondary N) is 2. The van der Waals surface area contributed by atoms with Gasteiger partial charge in [-0.25, -0.2) is 13.2 Å². The summed E-state index contributed by atoms with van der Waals surface area (Å²) in [5, 5.41) is 5.45. The van der Waals surface area contributed by atoms with E-state index < -0.39 is 9.84 Å². The summed E-state index contributed by atoms with van der Waals surface area (Å²) >= 11 is 0. The molecule has 0 bridgehead atoms. The third-order valence-electron chi connectivity index (χ3n) is 4.39. The predicted molar refractivity (Wildman–Crippen MR) is 112 cm³/mol. The van der Waals surface area contributed by atoms with Gasteiger partial charge in [-0.15, -0.1) is 0 Å². The van der Waals surface area contributed by atoms with Crippen molar-refractivity contribution in [3.8, 4) is 5.75 Å². The van der Waals surface area contributed by atoms with Crippen LogP contribution < -0.4 is 15.4 Å². The van der Waals surface area contributed by atoms with Crippen molar-refractivity contribution in [3.63, 3.8) is 0 Å². The van der Waals surface area contributed by atoms with Gasteiger partial charge in [-0.1, -0.05) is 30.3 Å². The molecular weight excluding hydrogens is 388 g/mol. The van der Waals surface area contributed by atoms with Gasteiger partial charge >= 0.3 is 6.03 Å². The Morgan fingerprint density at radius 2 is 1.66 bits per heavy atom. The summed E-state index contributed by atoms with van der Waals surface area (Å²) in [6.45, 7) is 2.12. The van der Waals surface area contributed by atoms with Crippen LogP contribution >= 0.6 is 0 Å². The SMILES string of the molecule is COc1ccc(S(=O)(=O)c2ccc(NC(=O)NCc3ccccc3)cc2)c(C)c1. The fourth-order valence-corrected chi connectivity index (χ4v) is 4.33. The minimum Gasteiger partial charge on any atom is -0.497 e. The smallest absolute Gasteiger partial charge is 0.319 e. The van der Waals surface area contributed by atoms with Crippen molar-refractivity contribution in [2.24, 2.45) is 0 Å². The predicted octanol–water partition coefficient (Wildman–Crippen LogP) is 4.16. The topological polar surface area (TPSA) is 84.5 Å². The van der Waals surface area contributed by atoms with Crippen LogP contribution in [-0.2, 0) is 16.4 Å². The Kier molecular flexibility index (Phi) is 6.19. The van der Waals surface area contributed by atoms with Gasteiger partial charge in [-0.05, 0) is 60.5 Å². The maximum Gasteiger partial charge on any atom is 0.319 e. The number of sulfone groups is 1. The van der Waals surface area contributed by atoms with E-state index in [9.17, 15) is 13.2 Å². The average Bonchev–Trinajstić information content (AvgIpc) is 2.73. The quantitative estimate of drug-likeness (QED) is 0.639. The molecule has 0 saturated carbocycles. The maximum absolute atomic E-state index is 12.9. The minimum atomic E-state index is -3.67. The van der Waals surface area contributed by atoms with Crippen LogP contribution in [0.2, 0.25) is 0 Å². The van der Waals surface area contributed by atoms with Crippen LogP contribution in [0.4, 0.5) is 10.5 Å². The van der Waals surface area contributed by atoms with Crippen LogP contribution in [-0.4, -0.2) is 21.6 Å². The summed E-state index contributed by atoms with van der Waals surface area (Å²) < 4.78 is 30.9. The number of hydrogen-bond acceptors (Lipinski definition) is 4. The first-order valence-electron chi connectivity index (χ1n) is 8.99. The molecule has 7 heteroatoms. The van der Waals surface area contributed by atoms with E-state index in [4.69, 9.17) is 4.74 Å². The number of rotatable bonds is 6. The largest absolute Gasteiger partial charge is 0.497 e. The lowest BCUT2D eigenvalue weighted by atomic mass is 10.2. The lowest BCUT2D eigenvalue weighted by molar-refractivity contribution is 0.251. The van der Waals surface area contributed by atoms with Crippen LogP contribution in [0.5, 0.6) is 5.75 Å². The number of hydrogen-bond donors (Lipinski definition) is 2. The monoisotopic (exact) mass is 410 g/mol. The zero-order chi connectivity index (χ0) is 20.9. The van der Waals surface area contributed by atoms with Crippen molar-refractivity contribution in [3.05, 3.63) is 83.9 Å². The summed E-state index contributed by atoms with van der Waals surface area (Å²) in [6.07, 6.45) is 0. The number of carbonyl (C=O) groups is 1. The number of amides is 2. The third-order valence-corrected chi connectivity index (χ3v) is 6.32. The van der Waals surface area contributed by atoms with Gasteiger partial charge in [0.1, 0.15) is 5.75 Å². The minimum absolute atomic E-state index is 0.154. The molecule has 0 spiro atoms. The zero-order valence-corrected chi connectivity index (χ0v) is 17.0. The van der Waals surface area contributed by atoms with Gasteiger partial charge in [-0.3, -0.25) is 0 Å². The van der Waals surface area contributed by atoms with Gasteiger partial charge in [0.05, 0.1) is 16.9 Å². The summed E-state index contributed by atoms with van der Waals surface area (Å²) in [5.74, 6) is 0.600. The maximum atomic E-state index is 12.9. The van der Waals surface area contributed by atoms with Crippen LogP contribution in [0.1, 0.15) is 11.1 Å². The lowest BCUT2D eigenvalue weighted by Crippen LogP contribution is -2.28. The zero-order valence-electron chi connectivity index (χ0n) is 16.2. The van der Waals surface area contributed by atoms with Crippen LogP contribution in [0, 0.1) is 6.92 Å². The molecule has 0 fully saturated rings. The molecule has 29 heavy (non-hydrogen) atoms. The Morgan fingerprint density at radius 1 is 0.966 bits per heavy atom. The molecule has 150 valence electrons. The van der Waals surface area contributed by atoms with E-state index in [1.165, 1.54) is 25.3 Å². The molecule has 0 saturated heterocycles. The van der Waals surface area contributed by atoms with Gasteiger partial charge in [-0.2, -0.15) is 0 Å². The number of aryl methyl sites for hydroxylation is 1. The van der Waals surface area contributed by atoms with E-state index in [-0.39, 0.29) is 15.8 Å². The molecule has 3 aromatic rings. The molecule has 0 unspecified atom stereocenters. The van der Waals surface area contributed by atoms with Crippen molar-refractivity contribution in [2.75, 3.05) is 12.4 Å². The molecule has 0 aliphatic carbocycles. The van der Waals surface area contributed by atoms with Crippen molar-refractivity contribution >= 4 is 21.6 Å². The molecular formula is C22H22N2O4S. The molecule has 0 aromatic heterocycles. The molecule has 0 aliphatic heterocycles. The Hall–Kier alpha value is -3.32. The van der Waals surface area contributed by atoms with Gasteiger partial charge in [0.25, 0.3) is 0 Å². The van der Waals surface area contributed by atoms with Crippen molar-refractivity contribution < 1.29 is 17.9 Å². The highest BCUT2D eigenvalue weighted by molar-refractivity contribution is 7.91. The van der Waals surface area contributed by atoms with Gasteiger partial charge in [0.2, 0.25) is 9.84 Å². The average molecular weight is 410 g/mol. The highest BCUT2D eigenvalue weighted by Crippen LogP contribution is 2.27. The number of methoxy groups -OCH3 is 1. The summed E-state index contributed by atoms with van der Waals surface area (Å²) in [7, 11) is -2.14. The molecule has 0 radical (unpaired) electrons. The Balaban J connectivity index is 1.68. The summed E-state index contributed by atoms with van der Waals surface area (Å²) in [4.78, 5) is 12.4. The van der Waals surface area contributed by atoms with Gasteiger partial charge in [0, 0.05) is 12.2 Å². The number of ether oxygens (including phenoxy) is 1. The number of carbonyl (C=O) groups excluding carboxylic acids is 1. The molecule has 3 rings (SSSR count). The standard InChI is InChI=1S/C22H22N2O4S/c1-16-14-19(28-2)10-13-21(16)29(26,27)20-11-8-18(9-12-20)24-22(25)23-15-17-6-4-3-5-7-17/h3-14H,15H2,1-2H3,(H2,23,24,25). The van der Waals surface area contributed by atoms with E-state index in [1.807, 2.05) is 30.3 Å². The van der Waals surface area contributed by atoms with Crippen LogP contribution in [0.25, 0.3) is 0 Å². The molecule has 2 N–H and O–H groups in total. The van der Waals surface area contributed by atoms with E-state index in [0.29, 0.717) is 23.5 Å². The molecule has 0 aliphatic rings. The fraction of sp³-hybridized carbons (Fsp3) is 0.136. The first-order valence-corrected chi connectivity index (χ1v) is 10.5. The second-order valence-corrected chi connectivity index (χ2v) is 8.37. The van der Waals surface area contributed by atoms with Gasteiger partial charge in [0.15, 0.2) is 0 Å². The Bertz CT molecular complexity index is 1100. The highest BCUT2D eigenvalue weighted by atomic mass is 32.2. The number of anilines is 1. The number of urea groups is 1. The van der Waals surface area contributed by atoms with Gasteiger partial charge < -0.3 is 15.4 Å². The van der Waals surface area contributed by atoms with E-state index in [2.05, 4.69) is 10.6 Å². The van der Waals surface area contributed by atoms with Crippen molar-refractivity contribution in [1.29, 1.82) is 0 Å². The van der Waals surface area contributed by atoms with Crippen molar-refractivity contribution in [1.82, 2.24) is 5.32 Å². The van der Waals surface area contributed by atoms with E-state index >= 15 is 0 Å². The van der Waals surface area contributed by atoms with Crippen molar-refractivity contribution in [2.45, 2.75) is 23.3 Å². The van der Waals surface area contributed by atoms with Crippen LogP contribution in [0.3, 0.4) is 0 Å². The Morgan fingerprint density at radius 3 is 2.28 bits per heavy atom. The number of benzene rings is 3. The van der Waals surface area contributed by atoms with E-state index in [0.717, 1.165) is 5.56 Å². The molecule has 6 nitrogen and oxygen atoms in total. The Labute approximate surface area is 170 Å².